The van der Waals surface area contributed by atoms with E-state index in [4.69, 9.17) is 5.73 Å². The van der Waals surface area contributed by atoms with E-state index in [1.807, 2.05) is 9.36 Å². The van der Waals surface area contributed by atoms with Gasteiger partial charge in [-0.05, 0) is 32.3 Å². The van der Waals surface area contributed by atoms with Crippen LogP contribution in [0, 0.1) is 0 Å². The van der Waals surface area contributed by atoms with E-state index in [1.165, 1.54) is 18.5 Å². The molecule has 6 nitrogen and oxygen atoms in total. The molecule has 0 radical (unpaired) electrons. The summed E-state index contributed by atoms with van der Waals surface area (Å²) in [6.45, 7) is 5.80. The molecule has 2 aromatic heterocycles. The quantitative estimate of drug-likeness (QED) is 0.885. The van der Waals surface area contributed by atoms with E-state index in [9.17, 15) is 0 Å². The predicted molar refractivity (Wildman–Crippen MR) is 72.8 cm³/mol. The van der Waals surface area contributed by atoms with Gasteiger partial charge in [0.25, 0.3) is 0 Å². The summed E-state index contributed by atoms with van der Waals surface area (Å²) in [6, 6.07) is 2.15. The highest BCUT2D eigenvalue weighted by molar-refractivity contribution is 5.38. The van der Waals surface area contributed by atoms with Gasteiger partial charge >= 0.3 is 0 Å². The first-order valence-corrected chi connectivity index (χ1v) is 6.97. The SMILES string of the molecule is CCc1cc(Cn2nnc(N)c2C2CC2)n(CC)n1. The first kappa shape index (κ1) is 12.2. The van der Waals surface area contributed by atoms with Crippen LogP contribution in [-0.2, 0) is 19.5 Å². The van der Waals surface area contributed by atoms with E-state index in [2.05, 4.69) is 35.3 Å². The average Bonchev–Trinajstić information content (AvgIpc) is 3.07. The van der Waals surface area contributed by atoms with Gasteiger partial charge in [0.2, 0.25) is 0 Å². The fraction of sp³-hybridized carbons (Fsp3) is 0.615. The highest BCUT2D eigenvalue weighted by Gasteiger charge is 2.30. The van der Waals surface area contributed by atoms with Crippen molar-refractivity contribution in [2.24, 2.45) is 0 Å². The molecule has 1 saturated carbocycles. The molecule has 1 aliphatic rings. The number of hydrogen-bond donors (Lipinski definition) is 1. The Labute approximate surface area is 112 Å². The highest BCUT2D eigenvalue weighted by Crippen LogP contribution is 2.42. The molecular formula is C13H20N6. The number of aryl methyl sites for hydroxylation is 2. The van der Waals surface area contributed by atoms with E-state index < -0.39 is 0 Å². The fourth-order valence-corrected chi connectivity index (χ4v) is 2.47. The largest absolute Gasteiger partial charge is 0.381 e. The Morgan fingerprint density at radius 1 is 1.32 bits per heavy atom. The lowest BCUT2D eigenvalue weighted by atomic mass is 10.2. The van der Waals surface area contributed by atoms with Crippen molar-refractivity contribution in [2.75, 3.05) is 5.73 Å². The Morgan fingerprint density at radius 2 is 2.11 bits per heavy atom. The molecule has 1 aliphatic carbocycles. The van der Waals surface area contributed by atoms with Crippen LogP contribution in [0.1, 0.15) is 49.7 Å². The topological polar surface area (TPSA) is 74.6 Å². The summed E-state index contributed by atoms with van der Waals surface area (Å²) in [5.41, 5.74) is 9.32. The Balaban J connectivity index is 1.90. The van der Waals surface area contributed by atoms with Gasteiger partial charge in [-0.25, -0.2) is 4.68 Å². The van der Waals surface area contributed by atoms with Crippen LogP contribution < -0.4 is 5.73 Å². The van der Waals surface area contributed by atoms with E-state index in [0.29, 0.717) is 18.3 Å². The fourth-order valence-electron chi connectivity index (χ4n) is 2.47. The molecule has 0 atom stereocenters. The van der Waals surface area contributed by atoms with Gasteiger partial charge in [-0.1, -0.05) is 12.1 Å². The molecule has 102 valence electrons. The second-order valence-corrected chi connectivity index (χ2v) is 5.09. The predicted octanol–water partition coefficient (Wildman–Crippen LogP) is 1.56. The maximum absolute atomic E-state index is 5.92. The Kier molecular flexibility index (Phi) is 3.00. The number of nitrogen functional groups attached to an aromatic ring is 1. The second kappa shape index (κ2) is 4.68. The van der Waals surface area contributed by atoms with Gasteiger partial charge in [0.05, 0.1) is 23.6 Å². The molecule has 0 saturated heterocycles. The third-order valence-electron chi connectivity index (χ3n) is 3.65. The van der Waals surface area contributed by atoms with Gasteiger partial charge in [0.15, 0.2) is 5.82 Å². The van der Waals surface area contributed by atoms with Crippen molar-refractivity contribution < 1.29 is 0 Å². The lowest BCUT2D eigenvalue weighted by Gasteiger charge is -2.07. The molecule has 0 aliphatic heterocycles. The zero-order chi connectivity index (χ0) is 13.4. The summed E-state index contributed by atoms with van der Waals surface area (Å²) in [5.74, 6) is 1.14. The zero-order valence-electron chi connectivity index (χ0n) is 11.5. The smallest absolute Gasteiger partial charge is 0.169 e. The van der Waals surface area contributed by atoms with Crippen molar-refractivity contribution in [2.45, 2.75) is 52.1 Å². The van der Waals surface area contributed by atoms with Crippen LogP contribution in [0.3, 0.4) is 0 Å². The molecule has 0 unspecified atom stereocenters. The van der Waals surface area contributed by atoms with E-state index >= 15 is 0 Å². The molecule has 2 heterocycles. The van der Waals surface area contributed by atoms with Gasteiger partial charge in [0, 0.05) is 12.5 Å². The summed E-state index contributed by atoms with van der Waals surface area (Å²) in [5, 5.41) is 12.8. The zero-order valence-corrected chi connectivity index (χ0v) is 11.5. The third-order valence-corrected chi connectivity index (χ3v) is 3.65. The molecule has 6 heteroatoms. The normalized spacial score (nSPS) is 15.1. The molecule has 1 fully saturated rings. The highest BCUT2D eigenvalue weighted by atomic mass is 15.5. The molecule has 2 aromatic rings. The van der Waals surface area contributed by atoms with Crippen LogP contribution in [-0.4, -0.2) is 24.8 Å². The van der Waals surface area contributed by atoms with Crippen molar-refractivity contribution in [3.63, 3.8) is 0 Å². The first-order chi connectivity index (χ1) is 9.22. The molecular weight excluding hydrogens is 240 g/mol. The minimum absolute atomic E-state index is 0.554. The van der Waals surface area contributed by atoms with E-state index in [0.717, 1.165) is 24.4 Å². The van der Waals surface area contributed by atoms with Crippen molar-refractivity contribution in [3.8, 4) is 0 Å². The molecule has 0 amide bonds. The molecule has 3 rings (SSSR count). The number of nitrogens with two attached hydrogens (primary N) is 1. The third kappa shape index (κ3) is 2.22. The standard InChI is InChI=1S/C13H20N6/c1-3-10-7-11(18(4-2)16-10)8-19-12(9-5-6-9)13(14)15-17-19/h7,9H,3-6,8,14H2,1-2H3. The number of aromatic nitrogens is 5. The lowest BCUT2D eigenvalue weighted by Crippen LogP contribution is -2.11. The maximum atomic E-state index is 5.92. The van der Waals surface area contributed by atoms with Crippen molar-refractivity contribution in [3.05, 3.63) is 23.1 Å². The first-order valence-electron chi connectivity index (χ1n) is 6.97. The van der Waals surface area contributed by atoms with Crippen LogP contribution in [0.4, 0.5) is 5.82 Å². The minimum Gasteiger partial charge on any atom is -0.381 e. The summed E-state index contributed by atoms with van der Waals surface area (Å²) in [6.07, 6.45) is 3.35. The molecule has 0 spiro atoms. The molecule has 19 heavy (non-hydrogen) atoms. The van der Waals surface area contributed by atoms with Gasteiger partial charge < -0.3 is 5.73 Å². The molecule has 0 aromatic carbocycles. The van der Waals surface area contributed by atoms with Gasteiger partial charge in [-0.2, -0.15) is 5.10 Å². The Morgan fingerprint density at radius 3 is 2.74 bits per heavy atom. The second-order valence-electron chi connectivity index (χ2n) is 5.09. The van der Waals surface area contributed by atoms with Crippen LogP contribution in [0.25, 0.3) is 0 Å². The van der Waals surface area contributed by atoms with Crippen LogP contribution in [0.5, 0.6) is 0 Å². The van der Waals surface area contributed by atoms with Gasteiger partial charge in [0.1, 0.15) is 0 Å². The monoisotopic (exact) mass is 260 g/mol. The molecule has 0 bridgehead atoms. The van der Waals surface area contributed by atoms with Crippen molar-refractivity contribution >= 4 is 5.82 Å². The Hall–Kier alpha value is -1.85. The number of rotatable bonds is 5. The van der Waals surface area contributed by atoms with Crippen LogP contribution >= 0.6 is 0 Å². The van der Waals surface area contributed by atoms with E-state index in [1.54, 1.807) is 0 Å². The number of nitrogens with zero attached hydrogens (tertiary/aromatic N) is 5. The maximum Gasteiger partial charge on any atom is 0.169 e. The number of anilines is 1. The summed E-state index contributed by atoms with van der Waals surface area (Å²) in [7, 11) is 0. The van der Waals surface area contributed by atoms with E-state index in [-0.39, 0.29) is 0 Å². The van der Waals surface area contributed by atoms with Gasteiger partial charge in [-0.15, -0.1) is 5.10 Å². The minimum atomic E-state index is 0.554. The number of hydrogen-bond acceptors (Lipinski definition) is 4. The summed E-state index contributed by atoms with van der Waals surface area (Å²) < 4.78 is 3.98. The Bertz CT molecular complexity index is 578. The molecule has 2 N–H and O–H groups in total. The van der Waals surface area contributed by atoms with Crippen molar-refractivity contribution in [1.29, 1.82) is 0 Å². The average molecular weight is 260 g/mol. The van der Waals surface area contributed by atoms with Crippen molar-refractivity contribution in [1.82, 2.24) is 24.8 Å². The van der Waals surface area contributed by atoms with Gasteiger partial charge in [-0.3, -0.25) is 4.68 Å². The van der Waals surface area contributed by atoms with Crippen LogP contribution in [0.2, 0.25) is 0 Å². The van der Waals surface area contributed by atoms with Crippen LogP contribution in [0.15, 0.2) is 6.07 Å². The summed E-state index contributed by atoms with van der Waals surface area (Å²) >= 11 is 0. The lowest BCUT2D eigenvalue weighted by molar-refractivity contribution is 0.551. The summed E-state index contributed by atoms with van der Waals surface area (Å²) in [4.78, 5) is 0.